The Labute approximate surface area is 130 Å². The third-order valence-corrected chi connectivity index (χ3v) is 3.50. The maximum Gasteiger partial charge on any atom is 0.136 e. The largest absolute Gasteiger partial charge is 0.496 e. The van der Waals surface area contributed by atoms with Crippen LogP contribution < -0.4 is 4.74 Å². The fraction of sp³-hybridized carbons (Fsp3) is 0.158. The summed E-state index contributed by atoms with van der Waals surface area (Å²) in [7, 11) is 1.67. The van der Waals surface area contributed by atoms with Crippen molar-refractivity contribution in [3.63, 3.8) is 0 Å². The highest BCUT2D eigenvalue weighted by Crippen LogP contribution is 2.29. The molecule has 1 aromatic carbocycles. The fourth-order valence-electron chi connectivity index (χ4n) is 2.50. The number of hydrogen-bond acceptors (Lipinski definition) is 3. The van der Waals surface area contributed by atoms with E-state index in [-0.39, 0.29) is 5.57 Å². The van der Waals surface area contributed by atoms with Gasteiger partial charge in [0.2, 0.25) is 0 Å². The Morgan fingerprint density at radius 3 is 2.18 bits per heavy atom. The van der Waals surface area contributed by atoms with Crippen molar-refractivity contribution in [2.24, 2.45) is 0 Å². The minimum Gasteiger partial charge on any atom is -0.496 e. The number of nitriles is 2. The van der Waals surface area contributed by atoms with Gasteiger partial charge in [-0.2, -0.15) is 10.5 Å². The number of hydrogen-bond donors (Lipinski definition) is 0. The van der Waals surface area contributed by atoms with Gasteiger partial charge in [0.05, 0.1) is 7.11 Å². The first-order valence-corrected chi connectivity index (χ1v) is 6.87. The van der Waals surface area contributed by atoms with Gasteiger partial charge in [-0.1, -0.05) is 30.4 Å². The summed E-state index contributed by atoms with van der Waals surface area (Å²) in [5.41, 5.74) is 4.99. The van der Waals surface area contributed by atoms with E-state index in [1.165, 1.54) is 0 Å². The molecule has 0 saturated heterocycles. The van der Waals surface area contributed by atoms with Crippen LogP contribution in [0.3, 0.4) is 0 Å². The third-order valence-electron chi connectivity index (χ3n) is 3.50. The second-order valence-corrected chi connectivity index (χ2v) is 5.01. The molecule has 0 N–H and O–H groups in total. The first-order chi connectivity index (χ1) is 10.6. The molecule has 0 atom stereocenters. The van der Waals surface area contributed by atoms with E-state index in [2.05, 4.69) is 12.1 Å². The molecule has 22 heavy (non-hydrogen) atoms. The zero-order valence-corrected chi connectivity index (χ0v) is 12.8. The van der Waals surface area contributed by atoms with E-state index < -0.39 is 0 Å². The van der Waals surface area contributed by atoms with Gasteiger partial charge in [0.1, 0.15) is 23.5 Å². The fourth-order valence-corrected chi connectivity index (χ4v) is 2.50. The van der Waals surface area contributed by atoms with Crippen molar-refractivity contribution in [1.82, 2.24) is 0 Å². The van der Waals surface area contributed by atoms with E-state index in [0.29, 0.717) is 5.57 Å². The Bertz CT molecular complexity index is 770. The lowest BCUT2D eigenvalue weighted by atomic mass is 9.99. The molecule has 2 rings (SSSR count). The Morgan fingerprint density at radius 1 is 1.00 bits per heavy atom. The van der Waals surface area contributed by atoms with E-state index in [4.69, 9.17) is 15.3 Å². The van der Waals surface area contributed by atoms with Crippen molar-refractivity contribution in [2.75, 3.05) is 7.11 Å². The molecular formula is C19H16N2O. The quantitative estimate of drug-likeness (QED) is 0.767. The van der Waals surface area contributed by atoms with Crippen molar-refractivity contribution in [3.05, 3.63) is 70.3 Å². The predicted molar refractivity (Wildman–Crippen MR) is 87.0 cm³/mol. The lowest BCUT2D eigenvalue weighted by molar-refractivity contribution is 0.408. The lowest BCUT2D eigenvalue weighted by Gasteiger charge is -2.11. The molecule has 0 saturated carbocycles. The first-order valence-electron chi connectivity index (χ1n) is 6.87. The Balaban J connectivity index is 2.46. The second kappa shape index (κ2) is 6.61. The number of ether oxygens (including phenoxy) is 1. The number of aryl methyl sites for hydroxylation is 2. The minimum absolute atomic E-state index is 0.115. The summed E-state index contributed by atoms with van der Waals surface area (Å²) in [5.74, 6) is 0.898. The molecular weight excluding hydrogens is 272 g/mol. The monoisotopic (exact) mass is 288 g/mol. The highest BCUT2D eigenvalue weighted by molar-refractivity contribution is 5.78. The molecule has 3 heteroatoms. The molecule has 0 heterocycles. The van der Waals surface area contributed by atoms with Crippen LogP contribution in [0.25, 0.3) is 5.57 Å². The molecule has 3 nitrogen and oxygen atoms in total. The van der Waals surface area contributed by atoms with Crippen molar-refractivity contribution in [2.45, 2.75) is 13.8 Å². The Hall–Kier alpha value is -3.04. The smallest absolute Gasteiger partial charge is 0.136 e. The van der Waals surface area contributed by atoms with E-state index >= 15 is 0 Å². The van der Waals surface area contributed by atoms with Crippen molar-refractivity contribution < 1.29 is 4.74 Å². The molecule has 0 amide bonds. The topological polar surface area (TPSA) is 56.8 Å². The average molecular weight is 288 g/mol. The Kier molecular flexibility index (Phi) is 4.61. The van der Waals surface area contributed by atoms with Crippen LogP contribution >= 0.6 is 0 Å². The van der Waals surface area contributed by atoms with Crippen LogP contribution in [0.15, 0.2) is 53.7 Å². The lowest BCUT2D eigenvalue weighted by Crippen LogP contribution is -1.93. The van der Waals surface area contributed by atoms with E-state index in [0.717, 1.165) is 28.0 Å². The summed E-state index contributed by atoms with van der Waals surface area (Å²) in [5, 5.41) is 17.9. The normalized spacial score (nSPS) is 13.0. The van der Waals surface area contributed by atoms with Crippen LogP contribution in [0.5, 0.6) is 5.75 Å². The van der Waals surface area contributed by atoms with Crippen LogP contribution in [-0.2, 0) is 0 Å². The highest BCUT2D eigenvalue weighted by Gasteiger charge is 2.08. The molecule has 0 radical (unpaired) electrons. The van der Waals surface area contributed by atoms with Crippen LogP contribution in [0.2, 0.25) is 0 Å². The summed E-state index contributed by atoms with van der Waals surface area (Å²) in [6.07, 6.45) is 9.32. The van der Waals surface area contributed by atoms with Gasteiger partial charge in [0, 0.05) is 5.57 Å². The maximum atomic E-state index is 8.95. The van der Waals surface area contributed by atoms with E-state index in [1.807, 2.05) is 44.2 Å². The number of allylic oxidation sites excluding steroid dienone is 8. The Morgan fingerprint density at radius 2 is 1.64 bits per heavy atom. The summed E-state index contributed by atoms with van der Waals surface area (Å²) in [6.45, 7) is 4.03. The van der Waals surface area contributed by atoms with Crippen molar-refractivity contribution in [1.29, 1.82) is 10.5 Å². The number of nitrogens with zero attached hydrogens (tertiary/aromatic N) is 2. The van der Waals surface area contributed by atoms with Crippen molar-refractivity contribution >= 4 is 5.57 Å². The third kappa shape index (κ3) is 3.00. The zero-order valence-electron chi connectivity index (χ0n) is 12.8. The first kappa shape index (κ1) is 15.4. The summed E-state index contributed by atoms with van der Waals surface area (Å²) in [4.78, 5) is 0. The molecule has 0 spiro atoms. The van der Waals surface area contributed by atoms with Crippen LogP contribution in [0.4, 0.5) is 0 Å². The molecule has 1 aliphatic rings. The molecule has 0 aromatic heterocycles. The number of benzene rings is 1. The summed E-state index contributed by atoms with van der Waals surface area (Å²) in [6, 6.07) is 7.97. The minimum atomic E-state index is 0.115. The zero-order chi connectivity index (χ0) is 16.1. The molecule has 0 aliphatic heterocycles. The summed E-state index contributed by atoms with van der Waals surface area (Å²) < 4.78 is 5.39. The molecule has 1 aromatic rings. The van der Waals surface area contributed by atoms with Crippen molar-refractivity contribution in [3.8, 4) is 17.9 Å². The molecule has 0 unspecified atom stereocenters. The van der Waals surface area contributed by atoms with Crippen LogP contribution in [-0.4, -0.2) is 7.11 Å². The molecule has 108 valence electrons. The van der Waals surface area contributed by atoms with Gasteiger partial charge < -0.3 is 4.74 Å². The van der Waals surface area contributed by atoms with Gasteiger partial charge in [0.25, 0.3) is 0 Å². The number of methoxy groups -OCH3 is 1. The van der Waals surface area contributed by atoms with E-state index in [1.54, 1.807) is 19.3 Å². The van der Waals surface area contributed by atoms with Gasteiger partial charge >= 0.3 is 0 Å². The molecule has 1 aliphatic carbocycles. The van der Waals surface area contributed by atoms with Gasteiger partial charge in [-0.25, -0.2) is 0 Å². The predicted octanol–water partition coefficient (Wildman–Crippen LogP) is 4.17. The average Bonchev–Trinajstić information content (AvgIpc) is 2.74. The van der Waals surface area contributed by atoms with Crippen LogP contribution in [0.1, 0.15) is 16.7 Å². The van der Waals surface area contributed by atoms with Gasteiger partial charge in [0.15, 0.2) is 0 Å². The number of rotatable bonds is 2. The molecule has 0 bridgehead atoms. The SMILES string of the molecule is COc1c(C)cc(C2=CC=CC(=C(C#N)C#N)C=C2)cc1C. The molecule has 0 fully saturated rings. The standard InChI is InChI=1S/C19H16N2O/c1-13-9-17(10-14(2)19(13)22-3)15-5-4-6-16(8-7-15)18(11-20)12-21/h4-10H,1-3H3. The van der Waals surface area contributed by atoms with E-state index in [9.17, 15) is 0 Å². The maximum absolute atomic E-state index is 8.95. The van der Waals surface area contributed by atoms with Gasteiger partial charge in [-0.3, -0.25) is 0 Å². The summed E-state index contributed by atoms with van der Waals surface area (Å²) >= 11 is 0. The van der Waals surface area contributed by atoms with Gasteiger partial charge in [-0.15, -0.1) is 0 Å². The highest BCUT2D eigenvalue weighted by atomic mass is 16.5. The van der Waals surface area contributed by atoms with Crippen LogP contribution in [0, 0.1) is 36.5 Å². The second-order valence-electron chi connectivity index (χ2n) is 5.01. The van der Waals surface area contributed by atoms with Gasteiger partial charge in [-0.05, 0) is 48.2 Å².